The van der Waals surface area contributed by atoms with Crippen LogP contribution in [0.4, 0.5) is 8.87 Å². The van der Waals surface area contributed by atoms with E-state index in [9.17, 15) is 8.87 Å². The van der Waals surface area contributed by atoms with Gasteiger partial charge in [0.05, 0.1) is 0 Å². The van der Waals surface area contributed by atoms with Crippen LogP contribution in [0.25, 0.3) is 0 Å². The summed E-state index contributed by atoms with van der Waals surface area (Å²) >= 11 is 4.17. The molecule has 0 radical (unpaired) electrons. The minimum absolute atomic E-state index is 1.40. The number of hydrogen-bond donors (Lipinski definition) is 0. The molecule has 0 rings (SSSR count). The van der Waals surface area contributed by atoms with E-state index in [1.807, 2.05) is 0 Å². The Hall–Kier alpha value is -0.180. The molecule has 0 aromatic rings. The first-order valence-corrected chi connectivity index (χ1v) is 1.15. The minimum Gasteiger partial charge on any atom is -0.168 e. The van der Waals surface area contributed by atoms with Crippen molar-refractivity contribution in [3.05, 3.63) is 0 Å². The van der Waals surface area contributed by atoms with Gasteiger partial charge in [-0.05, 0) is 16.8 Å². The van der Waals surface area contributed by atoms with Crippen LogP contribution < -0.4 is 0 Å². The third-order valence-corrected chi connectivity index (χ3v) is 0.128. The largest absolute Gasteiger partial charge is 0.310 e. The van der Waals surface area contributed by atoms with Gasteiger partial charge in [-0.25, -0.2) is 0 Å². The lowest BCUT2D eigenvalue weighted by molar-refractivity contribution is 0.524. The molecule has 0 unspecified atom stereocenters. The Bertz CT molecular complexity index is 47.6. The molecule has 0 aromatic carbocycles. The topological polar surface area (TPSA) is 12.4 Å². The van der Waals surface area contributed by atoms with Crippen molar-refractivity contribution in [2.75, 3.05) is 0 Å². The van der Waals surface area contributed by atoms with Crippen molar-refractivity contribution >= 4 is 17.0 Å². The fourth-order valence-electron chi connectivity index (χ4n) is 0. The van der Waals surface area contributed by atoms with Crippen molar-refractivity contribution in [2.24, 2.45) is 5.21 Å². The van der Waals surface area contributed by atoms with E-state index in [-0.39, 0.29) is 0 Å². The molecule has 0 aliphatic heterocycles. The van der Waals surface area contributed by atoms with E-state index in [1.165, 1.54) is 5.21 Å². The minimum atomic E-state index is -1.56. The SMILES string of the molecule is F/N=C(/F)Cl. The van der Waals surface area contributed by atoms with E-state index < -0.39 is 5.42 Å². The van der Waals surface area contributed by atoms with Crippen LogP contribution >= 0.6 is 11.6 Å². The van der Waals surface area contributed by atoms with Crippen LogP contribution in [0.3, 0.4) is 0 Å². The maximum atomic E-state index is 10.6. The lowest BCUT2D eigenvalue weighted by atomic mass is 11.6. The average Bonchev–Trinajstić information content (AvgIpc) is 1.38. The molecule has 0 N–H and O–H groups in total. The van der Waals surface area contributed by atoms with Crippen LogP contribution in [0.2, 0.25) is 0 Å². The highest BCUT2D eigenvalue weighted by Gasteiger charge is 1.77. The molecular formula is CClF2N. The van der Waals surface area contributed by atoms with Crippen LogP contribution in [0, 0.1) is 0 Å². The van der Waals surface area contributed by atoms with Gasteiger partial charge in [0.15, 0.2) is 0 Å². The van der Waals surface area contributed by atoms with Crippen molar-refractivity contribution in [1.82, 2.24) is 0 Å². The van der Waals surface area contributed by atoms with Crippen molar-refractivity contribution < 1.29 is 8.87 Å². The highest BCUT2D eigenvalue weighted by molar-refractivity contribution is 6.62. The van der Waals surface area contributed by atoms with Crippen LogP contribution in [0.15, 0.2) is 5.21 Å². The molecular weight excluding hydrogens is 99.5 g/mol. The summed E-state index contributed by atoms with van der Waals surface area (Å²) in [4.78, 5) is 0. The molecule has 4 heteroatoms. The molecule has 0 aliphatic rings. The van der Waals surface area contributed by atoms with Gasteiger partial charge < -0.3 is 0 Å². The van der Waals surface area contributed by atoms with Gasteiger partial charge in [-0.3, -0.25) is 0 Å². The third-order valence-electron chi connectivity index (χ3n) is 0.0639. The van der Waals surface area contributed by atoms with Gasteiger partial charge in [-0.1, -0.05) is 4.48 Å². The molecule has 0 saturated heterocycles. The average molecular weight is 99.5 g/mol. The Morgan fingerprint density at radius 2 is 2.00 bits per heavy atom. The summed E-state index contributed by atoms with van der Waals surface area (Å²) in [5, 5.41) is 1.40. The first-order valence-electron chi connectivity index (χ1n) is 0.771. The zero-order valence-corrected chi connectivity index (χ0v) is 2.84. The summed E-state index contributed by atoms with van der Waals surface area (Å²) in [6.45, 7) is 0. The van der Waals surface area contributed by atoms with Gasteiger partial charge in [0.1, 0.15) is 0 Å². The lowest BCUT2D eigenvalue weighted by Crippen LogP contribution is -1.60. The zero-order chi connectivity index (χ0) is 4.28. The monoisotopic (exact) mass is 99.0 g/mol. The fraction of sp³-hybridized carbons (Fsp3) is 0. The third kappa shape index (κ3) is 3.82. The predicted molar refractivity (Wildman–Crippen MR) is 15.5 cm³/mol. The Morgan fingerprint density at radius 3 is 2.00 bits per heavy atom. The lowest BCUT2D eigenvalue weighted by Gasteiger charge is -1.59. The standard InChI is InChI=1S/CClF2N/c2-1(3)5-4/b5-1+. The van der Waals surface area contributed by atoms with Crippen LogP contribution in [-0.4, -0.2) is 5.42 Å². The molecule has 1 nitrogen and oxygen atoms in total. The Labute approximate surface area is 32.2 Å². The number of halogens is 3. The fourth-order valence-corrected chi connectivity index (χ4v) is 0. The van der Waals surface area contributed by atoms with Gasteiger partial charge in [-0.2, -0.15) is 4.39 Å². The molecule has 0 spiro atoms. The van der Waals surface area contributed by atoms with Gasteiger partial charge in [0, 0.05) is 0 Å². The number of rotatable bonds is 0. The van der Waals surface area contributed by atoms with Crippen molar-refractivity contribution in [2.45, 2.75) is 0 Å². The van der Waals surface area contributed by atoms with Gasteiger partial charge >= 0.3 is 5.42 Å². The molecule has 5 heavy (non-hydrogen) atoms. The van der Waals surface area contributed by atoms with E-state index in [1.54, 1.807) is 0 Å². The molecule has 0 amide bonds. The van der Waals surface area contributed by atoms with E-state index in [0.29, 0.717) is 0 Å². The highest BCUT2D eigenvalue weighted by Crippen LogP contribution is 1.84. The second-order valence-corrected chi connectivity index (χ2v) is 0.637. The normalized spacial score (nSPS) is 12.2. The van der Waals surface area contributed by atoms with Crippen molar-refractivity contribution in [3.63, 3.8) is 0 Å². The second-order valence-electron chi connectivity index (χ2n) is 0.325. The summed E-state index contributed by atoms with van der Waals surface area (Å²) in [6, 6.07) is 0. The second kappa shape index (κ2) is 2.08. The zero-order valence-electron chi connectivity index (χ0n) is 2.08. The van der Waals surface area contributed by atoms with Gasteiger partial charge in [-0.15, -0.1) is 0 Å². The van der Waals surface area contributed by atoms with E-state index in [2.05, 4.69) is 11.6 Å². The van der Waals surface area contributed by atoms with E-state index >= 15 is 0 Å². The summed E-state index contributed by atoms with van der Waals surface area (Å²) in [5.41, 5.74) is -1.56. The Kier molecular flexibility index (Phi) is 2.01. The summed E-state index contributed by atoms with van der Waals surface area (Å²) in [5.74, 6) is 0. The van der Waals surface area contributed by atoms with Crippen LogP contribution in [0.5, 0.6) is 0 Å². The molecule has 0 aromatic heterocycles. The summed E-state index contributed by atoms with van der Waals surface area (Å²) < 4.78 is 20.8. The maximum absolute atomic E-state index is 10.6. The summed E-state index contributed by atoms with van der Waals surface area (Å²) in [6.07, 6.45) is 0. The van der Waals surface area contributed by atoms with Crippen LogP contribution in [-0.2, 0) is 0 Å². The predicted octanol–water partition coefficient (Wildman–Crippen LogP) is 1.44. The Morgan fingerprint density at radius 1 is 1.80 bits per heavy atom. The first-order chi connectivity index (χ1) is 2.27. The number of hydrogen-bond acceptors (Lipinski definition) is 1. The van der Waals surface area contributed by atoms with Crippen molar-refractivity contribution in [3.8, 4) is 0 Å². The molecule has 0 saturated carbocycles. The molecule has 0 bridgehead atoms. The Balaban J connectivity index is 3.14. The molecule has 0 atom stereocenters. The molecule has 0 aliphatic carbocycles. The molecule has 0 heterocycles. The smallest absolute Gasteiger partial charge is 0.168 e. The molecule has 30 valence electrons. The maximum Gasteiger partial charge on any atom is 0.310 e. The van der Waals surface area contributed by atoms with E-state index in [4.69, 9.17) is 0 Å². The summed E-state index contributed by atoms with van der Waals surface area (Å²) in [7, 11) is 0. The van der Waals surface area contributed by atoms with Crippen LogP contribution in [0.1, 0.15) is 0 Å². The first kappa shape index (κ1) is 4.82. The molecule has 0 fully saturated rings. The van der Waals surface area contributed by atoms with Gasteiger partial charge in [0.2, 0.25) is 0 Å². The quantitative estimate of drug-likeness (QED) is 0.408. The highest BCUT2D eigenvalue weighted by atomic mass is 35.5. The van der Waals surface area contributed by atoms with Gasteiger partial charge in [0.25, 0.3) is 0 Å². The van der Waals surface area contributed by atoms with E-state index in [0.717, 1.165) is 0 Å². The number of nitrogens with zero attached hydrogens (tertiary/aromatic N) is 1. The van der Waals surface area contributed by atoms with Crippen molar-refractivity contribution in [1.29, 1.82) is 0 Å².